The summed E-state index contributed by atoms with van der Waals surface area (Å²) >= 11 is 0. The van der Waals surface area contributed by atoms with Crippen molar-refractivity contribution in [1.82, 2.24) is 10.6 Å². The van der Waals surface area contributed by atoms with Gasteiger partial charge in [-0.3, -0.25) is 9.59 Å². The molecule has 1 unspecified atom stereocenters. The molecular weight excluding hydrogens is 198 g/mol. The molecule has 0 saturated carbocycles. The number of carbonyl (C=O) groups is 2. The Hall–Kier alpha value is -1.14. The Bertz CT molecular complexity index is 203. The van der Waals surface area contributed by atoms with Crippen LogP contribution in [0.2, 0.25) is 0 Å². The maximum atomic E-state index is 10.5. The molecule has 0 bridgehead atoms. The lowest BCUT2D eigenvalue weighted by Crippen LogP contribution is -2.54. The van der Waals surface area contributed by atoms with Crippen molar-refractivity contribution < 1.29 is 14.7 Å². The number of hydrogen-bond donors (Lipinski definition) is 4. The average molecular weight is 217 g/mol. The van der Waals surface area contributed by atoms with Crippen molar-refractivity contribution in [1.29, 1.82) is 0 Å². The summed E-state index contributed by atoms with van der Waals surface area (Å²) in [7, 11) is 0. The first kappa shape index (κ1) is 13.9. The van der Waals surface area contributed by atoms with Gasteiger partial charge in [-0.1, -0.05) is 6.92 Å². The summed E-state index contributed by atoms with van der Waals surface area (Å²) in [5, 5.41) is 13.9. The highest BCUT2D eigenvalue weighted by Crippen LogP contribution is 1.83. The van der Waals surface area contributed by atoms with Gasteiger partial charge in [0, 0.05) is 26.1 Å². The third-order valence-electron chi connectivity index (χ3n) is 1.85. The van der Waals surface area contributed by atoms with Gasteiger partial charge in [-0.25, -0.2) is 0 Å². The molecular formula is C9H19N3O3. The Morgan fingerprint density at radius 1 is 1.47 bits per heavy atom. The van der Waals surface area contributed by atoms with Gasteiger partial charge in [0.05, 0.1) is 6.04 Å². The van der Waals surface area contributed by atoms with Gasteiger partial charge in [0.25, 0.3) is 0 Å². The number of aliphatic carboxylic acids is 1. The zero-order valence-corrected chi connectivity index (χ0v) is 8.95. The Morgan fingerprint density at radius 2 is 2.13 bits per heavy atom. The highest BCUT2D eigenvalue weighted by molar-refractivity contribution is 5.80. The van der Waals surface area contributed by atoms with E-state index < -0.39 is 5.97 Å². The van der Waals surface area contributed by atoms with E-state index in [2.05, 4.69) is 10.6 Å². The quantitative estimate of drug-likeness (QED) is 0.480. The first-order valence-corrected chi connectivity index (χ1v) is 5.03. The SMILES string of the molecule is CCCC(=O)O.NC(=O)C1CNCCN1. The van der Waals surface area contributed by atoms with Crippen LogP contribution in [0.1, 0.15) is 19.8 Å². The normalized spacial score (nSPS) is 19.9. The summed E-state index contributed by atoms with van der Waals surface area (Å²) in [6.07, 6.45) is 1.02. The molecule has 0 aliphatic carbocycles. The number of carboxylic acid groups (broad SMARTS) is 1. The summed E-state index contributed by atoms with van der Waals surface area (Å²) in [6.45, 7) is 4.25. The molecule has 1 aliphatic heterocycles. The molecule has 0 aromatic carbocycles. The van der Waals surface area contributed by atoms with Crippen molar-refractivity contribution in [2.45, 2.75) is 25.8 Å². The van der Waals surface area contributed by atoms with Crippen LogP contribution in [0.3, 0.4) is 0 Å². The van der Waals surface area contributed by atoms with Crippen LogP contribution in [0.4, 0.5) is 0 Å². The Labute approximate surface area is 89.2 Å². The van der Waals surface area contributed by atoms with Gasteiger partial charge in [0.1, 0.15) is 0 Å². The number of nitrogens with two attached hydrogens (primary N) is 1. The lowest BCUT2D eigenvalue weighted by Gasteiger charge is -2.21. The van der Waals surface area contributed by atoms with Crippen LogP contribution in [0, 0.1) is 0 Å². The Kier molecular flexibility index (Phi) is 7.57. The van der Waals surface area contributed by atoms with E-state index in [4.69, 9.17) is 10.8 Å². The van der Waals surface area contributed by atoms with Crippen LogP contribution in [-0.4, -0.2) is 42.7 Å². The van der Waals surface area contributed by atoms with Gasteiger partial charge < -0.3 is 21.5 Å². The molecule has 1 atom stereocenters. The summed E-state index contributed by atoms with van der Waals surface area (Å²) in [5.41, 5.74) is 5.03. The smallest absolute Gasteiger partial charge is 0.303 e. The van der Waals surface area contributed by atoms with Gasteiger partial charge in [-0.2, -0.15) is 0 Å². The van der Waals surface area contributed by atoms with E-state index in [1.54, 1.807) is 0 Å². The number of hydrogen-bond acceptors (Lipinski definition) is 4. The van der Waals surface area contributed by atoms with E-state index in [1.165, 1.54) is 0 Å². The Balaban J connectivity index is 0.000000288. The first-order chi connectivity index (χ1) is 7.07. The van der Waals surface area contributed by atoms with Crippen LogP contribution in [0.5, 0.6) is 0 Å². The van der Waals surface area contributed by atoms with E-state index >= 15 is 0 Å². The maximum Gasteiger partial charge on any atom is 0.303 e. The van der Waals surface area contributed by atoms with E-state index in [0.717, 1.165) is 19.5 Å². The predicted octanol–water partition coefficient (Wildman–Crippen LogP) is -1.10. The molecule has 0 aromatic heterocycles. The number of carboxylic acids is 1. The fraction of sp³-hybridized carbons (Fsp3) is 0.778. The van der Waals surface area contributed by atoms with Crippen molar-refractivity contribution in [3.8, 4) is 0 Å². The monoisotopic (exact) mass is 217 g/mol. The third kappa shape index (κ3) is 7.90. The molecule has 1 amide bonds. The number of rotatable bonds is 3. The minimum absolute atomic E-state index is 0.168. The molecule has 1 saturated heterocycles. The van der Waals surface area contributed by atoms with E-state index in [-0.39, 0.29) is 11.9 Å². The highest BCUT2D eigenvalue weighted by Gasteiger charge is 2.16. The summed E-state index contributed by atoms with van der Waals surface area (Å²) in [4.78, 5) is 20.1. The molecule has 1 fully saturated rings. The molecule has 1 aliphatic rings. The predicted molar refractivity (Wildman–Crippen MR) is 56.4 cm³/mol. The molecule has 15 heavy (non-hydrogen) atoms. The van der Waals surface area contributed by atoms with Gasteiger partial charge in [0.15, 0.2) is 0 Å². The first-order valence-electron chi connectivity index (χ1n) is 5.03. The van der Waals surface area contributed by atoms with Gasteiger partial charge in [0.2, 0.25) is 5.91 Å². The second kappa shape index (κ2) is 8.19. The summed E-state index contributed by atoms with van der Waals surface area (Å²) < 4.78 is 0. The molecule has 0 radical (unpaired) electrons. The van der Waals surface area contributed by atoms with E-state index in [9.17, 15) is 9.59 Å². The van der Waals surface area contributed by atoms with Crippen molar-refractivity contribution in [2.24, 2.45) is 5.73 Å². The minimum atomic E-state index is -0.711. The zero-order valence-electron chi connectivity index (χ0n) is 8.95. The zero-order chi connectivity index (χ0) is 11.7. The van der Waals surface area contributed by atoms with Crippen LogP contribution < -0.4 is 16.4 Å². The van der Waals surface area contributed by atoms with Crippen LogP contribution in [0.25, 0.3) is 0 Å². The van der Waals surface area contributed by atoms with Crippen LogP contribution in [-0.2, 0) is 9.59 Å². The fourth-order valence-corrected chi connectivity index (χ4v) is 1.07. The second-order valence-corrected chi connectivity index (χ2v) is 3.26. The summed E-state index contributed by atoms with van der Waals surface area (Å²) in [5.74, 6) is -0.986. The number of amides is 1. The number of primary amides is 1. The minimum Gasteiger partial charge on any atom is -0.481 e. The van der Waals surface area contributed by atoms with Crippen molar-refractivity contribution in [3.63, 3.8) is 0 Å². The molecule has 88 valence electrons. The Morgan fingerprint density at radius 3 is 2.33 bits per heavy atom. The lowest BCUT2D eigenvalue weighted by atomic mass is 10.2. The van der Waals surface area contributed by atoms with E-state index in [1.807, 2.05) is 6.92 Å². The third-order valence-corrected chi connectivity index (χ3v) is 1.85. The van der Waals surface area contributed by atoms with Crippen molar-refractivity contribution in [2.75, 3.05) is 19.6 Å². The molecule has 6 heteroatoms. The standard InChI is InChI=1S/C5H11N3O.C4H8O2/c6-5(9)4-3-7-1-2-8-4;1-2-3-4(5)6/h4,7-8H,1-3H2,(H2,6,9);2-3H2,1H3,(H,5,6). The van der Waals surface area contributed by atoms with Crippen molar-refractivity contribution in [3.05, 3.63) is 0 Å². The lowest BCUT2D eigenvalue weighted by molar-refractivity contribution is -0.137. The van der Waals surface area contributed by atoms with Crippen molar-refractivity contribution >= 4 is 11.9 Å². The molecule has 6 nitrogen and oxygen atoms in total. The van der Waals surface area contributed by atoms with E-state index in [0.29, 0.717) is 13.0 Å². The number of piperazine rings is 1. The maximum absolute atomic E-state index is 10.5. The van der Waals surface area contributed by atoms with Crippen LogP contribution >= 0.6 is 0 Å². The number of carbonyl (C=O) groups excluding carboxylic acids is 1. The van der Waals surface area contributed by atoms with Gasteiger partial charge in [-0.15, -0.1) is 0 Å². The molecule has 1 rings (SSSR count). The van der Waals surface area contributed by atoms with Crippen LogP contribution in [0.15, 0.2) is 0 Å². The topological polar surface area (TPSA) is 104 Å². The second-order valence-electron chi connectivity index (χ2n) is 3.26. The fourth-order valence-electron chi connectivity index (χ4n) is 1.07. The molecule has 0 aromatic rings. The number of nitrogens with one attached hydrogen (secondary N) is 2. The largest absolute Gasteiger partial charge is 0.481 e. The van der Waals surface area contributed by atoms with Gasteiger partial charge >= 0.3 is 5.97 Å². The summed E-state index contributed by atoms with van der Waals surface area (Å²) in [6, 6.07) is -0.168. The molecule has 5 N–H and O–H groups in total. The highest BCUT2D eigenvalue weighted by atomic mass is 16.4. The molecule has 1 heterocycles. The average Bonchev–Trinajstić information content (AvgIpc) is 2.20. The molecule has 0 spiro atoms. The van der Waals surface area contributed by atoms with Gasteiger partial charge in [-0.05, 0) is 6.42 Å².